The first-order valence-corrected chi connectivity index (χ1v) is 11.0. The van der Waals surface area contributed by atoms with Gasteiger partial charge in [0.1, 0.15) is 23.0 Å². The summed E-state index contributed by atoms with van der Waals surface area (Å²) in [6.07, 6.45) is 0. The maximum Gasteiger partial charge on any atom is 0.133 e. The number of nitrogen functional groups attached to an aromatic ring is 2. The number of hydrogen-bond acceptors (Lipinski definition) is 4. The summed E-state index contributed by atoms with van der Waals surface area (Å²) in [4.78, 5) is 0. The van der Waals surface area contributed by atoms with E-state index in [4.69, 9.17) is 20.9 Å². The van der Waals surface area contributed by atoms with Crippen molar-refractivity contribution in [1.82, 2.24) is 0 Å². The van der Waals surface area contributed by atoms with Crippen LogP contribution in [-0.2, 0) is 5.41 Å². The lowest BCUT2D eigenvalue weighted by Gasteiger charge is -2.29. The predicted molar refractivity (Wildman–Crippen MR) is 136 cm³/mol. The van der Waals surface area contributed by atoms with Crippen LogP contribution in [0.2, 0.25) is 0 Å². The van der Waals surface area contributed by atoms with E-state index in [0.29, 0.717) is 11.4 Å². The van der Waals surface area contributed by atoms with Crippen molar-refractivity contribution in [2.75, 3.05) is 11.5 Å². The summed E-state index contributed by atoms with van der Waals surface area (Å²) in [5.41, 5.74) is 17.2. The van der Waals surface area contributed by atoms with Crippen LogP contribution >= 0.6 is 0 Å². The molecule has 0 aliphatic carbocycles. The number of nitrogens with two attached hydrogens (primary N) is 2. The molecule has 0 radical (unpaired) electrons. The van der Waals surface area contributed by atoms with Gasteiger partial charge in [-0.15, -0.1) is 0 Å². The molecule has 0 saturated heterocycles. The van der Waals surface area contributed by atoms with E-state index < -0.39 is 0 Å². The molecule has 0 amide bonds. The summed E-state index contributed by atoms with van der Waals surface area (Å²) in [5.74, 6) is 3.22. The highest BCUT2D eigenvalue weighted by Gasteiger charge is 2.28. The summed E-state index contributed by atoms with van der Waals surface area (Å²) in [6, 6.07) is 27.5. The first kappa shape index (κ1) is 22.3. The summed E-state index contributed by atoms with van der Waals surface area (Å²) in [7, 11) is 0. The maximum atomic E-state index is 6.25. The van der Waals surface area contributed by atoms with Gasteiger partial charge in [-0.1, -0.05) is 44.2 Å². The third-order valence-electron chi connectivity index (χ3n) is 5.95. The Morgan fingerprint density at radius 3 is 1.67 bits per heavy atom. The van der Waals surface area contributed by atoms with Gasteiger partial charge in [0.05, 0.1) is 0 Å². The topological polar surface area (TPSA) is 70.5 Å². The second-order valence-corrected chi connectivity index (χ2v) is 8.90. The van der Waals surface area contributed by atoms with Crippen LogP contribution in [0.5, 0.6) is 23.0 Å². The number of anilines is 2. The summed E-state index contributed by atoms with van der Waals surface area (Å²) in [6.45, 7) is 8.59. The fraction of sp³-hybridized carbons (Fsp3) is 0.172. The van der Waals surface area contributed by atoms with E-state index in [1.54, 1.807) is 0 Å². The fourth-order valence-electron chi connectivity index (χ4n) is 4.02. The molecule has 0 bridgehead atoms. The Hall–Kier alpha value is -3.92. The Balaban J connectivity index is 1.67. The van der Waals surface area contributed by atoms with E-state index in [9.17, 15) is 0 Å². The highest BCUT2D eigenvalue weighted by molar-refractivity contribution is 5.54. The first-order valence-electron chi connectivity index (χ1n) is 11.0. The van der Waals surface area contributed by atoms with Gasteiger partial charge in [-0.2, -0.15) is 0 Å². The lowest BCUT2D eigenvalue weighted by molar-refractivity contribution is 0.460. The molecule has 0 spiro atoms. The van der Waals surface area contributed by atoms with Gasteiger partial charge in [0, 0.05) is 22.4 Å². The molecule has 0 heterocycles. The molecule has 4 heteroatoms. The standard InChI is InChI=1S/C29H30N2O2/c1-19-17-21(18-20(2)28(19)33-25-15-11-23(31)12-16-25)29(3,4)26-7-5-6-8-27(26)32-24-13-9-22(30)10-14-24/h5-18H,30-31H2,1-4H3. The number of aryl methyl sites for hydroxylation is 2. The van der Waals surface area contributed by atoms with Crippen molar-refractivity contribution < 1.29 is 9.47 Å². The molecule has 0 fully saturated rings. The molecule has 0 aliphatic heterocycles. The lowest BCUT2D eigenvalue weighted by Crippen LogP contribution is -2.20. The van der Waals surface area contributed by atoms with Gasteiger partial charge in [0.15, 0.2) is 0 Å². The molecule has 0 aromatic heterocycles. The zero-order chi connectivity index (χ0) is 23.6. The number of ether oxygens (including phenoxy) is 2. The van der Waals surface area contributed by atoms with E-state index in [-0.39, 0.29) is 5.41 Å². The van der Waals surface area contributed by atoms with Crippen molar-refractivity contribution in [1.29, 1.82) is 0 Å². The van der Waals surface area contributed by atoms with Gasteiger partial charge in [-0.05, 0) is 85.1 Å². The molecule has 0 unspecified atom stereocenters. The molecule has 0 saturated carbocycles. The van der Waals surface area contributed by atoms with Crippen LogP contribution in [-0.4, -0.2) is 0 Å². The van der Waals surface area contributed by atoms with Crippen LogP contribution < -0.4 is 20.9 Å². The van der Waals surface area contributed by atoms with Crippen molar-refractivity contribution in [3.05, 3.63) is 107 Å². The zero-order valence-corrected chi connectivity index (χ0v) is 19.6. The summed E-state index contributed by atoms with van der Waals surface area (Å²) >= 11 is 0. The Labute approximate surface area is 195 Å². The van der Waals surface area contributed by atoms with Crippen LogP contribution in [0.15, 0.2) is 84.9 Å². The molecule has 4 N–H and O–H groups in total. The van der Waals surface area contributed by atoms with Crippen molar-refractivity contribution in [3.8, 4) is 23.0 Å². The molecule has 4 aromatic rings. The smallest absolute Gasteiger partial charge is 0.133 e. The minimum Gasteiger partial charge on any atom is -0.457 e. The Morgan fingerprint density at radius 2 is 1.12 bits per heavy atom. The molecule has 0 aliphatic rings. The molecule has 33 heavy (non-hydrogen) atoms. The molecule has 0 atom stereocenters. The third-order valence-corrected chi connectivity index (χ3v) is 5.95. The molecular formula is C29H30N2O2. The number of para-hydroxylation sites is 1. The fourth-order valence-corrected chi connectivity index (χ4v) is 4.02. The summed E-state index contributed by atoms with van der Waals surface area (Å²) < 4.78 is 12.4. The van der Waals surface area contributed by atoms with Crippen LogP contribution in [0.3, 0.4) is 0 Å². The normalized spacial score (nSPS) is 11.3. The van der Waals surface area contributed by atoms with Crippen molar-refractivity contribution in [2.24, 2.45) is 0 Å². The Bertz CT molecular complexity index is 1240. The largest absolute Gasteiger partial charge is 0.457 e. The van der Waals surface area contributed by atoms with Gasteiger partial charge >= 0.3 is 0 Å². The van der Waals surface area contributed by atoms with E-state index in [1.807, 2.05) is 66.7 Å². The van der Waals surface area contributed by atoms with E-state index in [1.165, 1.54) is 5.56 Å². The minimum absolute atomic E-state index is 0.292. The Morgan fingerprint density at radius 1 is 0.636 bits per heavy atom. The second kappa shape index (κ2) is 8.91. The van der Waals surface area contributed by atoms with Gasteiger partial charge in [-0.3, -0.25) is 0 Å². The van der Waals surface area contributed by atoms with Crippen LogP contribution in [0.1, 0.15) is 36.1 Å². The van der Waals surface area contributed by atoms with E-state index >= 15 is 0 Å². The number of benzene rings is 4. The molecule has 168 valence electrons. The van der Waals surface area contributed by atoms with Crippen LogP contribution in [0, 0.1) is 13.8 Å². The van der Waals surface area contributed by atoms with Gasteiger partial charge < -0.3 is 20.9 Å². The molecule has 4 rings (SSSR count). The van der Waals surface area contributed by atoms with Gasteiger partial charge in [0.2, 0.25) is 0 Å². The average Bonchev–Trinajstić information content (AvgIpc) is 2.79. The number of hydrogen-bond donors (Lipinski definition) is 2. The highest BCUT2D eigenvalue weighted by Crippen LogP contribution is 2.41. The quantitative estimate of drug-likeness (QED) is 0.308. The molecular weight excluding hydrogens is 408 g/mol. The predicted octanol–water partition coefficient (Wildman–Crippen LogP) is 7.38. The van der Waals surface area contributed by atoms with Gasteiger partial charge in [-0.25, -0.2) is 0 Å². The monoisotopic (exact) mass is 438 g/mol. The van der Waals surface area contributed by atoms with E-state index in [2.05, 4.69) is 45.9 Å². The molecule has 4 nitrogen and oxygen atoms in total. The molecule has 4 aromatic carbocycles. The zero-order valence-electron chi connectivity index (χ0n) is 19.6. The SMILES string of the molecule is Cc1cc(C(C)(C)c2ccccc2Oc2ccc(N)cc2)cc(C)c1Oc1ccc(N)cc1. The number of rotatable bonds is 6. The van der Waals surface area contributed by atoms with Crippen molar-refractivity contribution in [2.45, 2.75) is 33.1 Å². The van der Waals surface area contributed by atoms with Crippen LogP contribution in [0.4, 0.5) is 11.4 Å². The lowest BCUT2D eigenvalue weighted by atomic mass is 9.76. The maximum absolute atomic E-state index is 6.25. The third kappa shape index (κ3) is 4.80. The van der Waals surface area contributed by atoms with Crippen molar-refractivity contribution >= 4 is 11.4 Å². The highest BCUT2D eigenvalue weighted by atomic mass is 16.5. The van der Waals surface area contributed by atoms with Gasteiger partial charge in [0.25, 0.3) is 0 Å². The minimum atomic E-state index is -0.292. The van der Waals surface area contributed by atoms with Crippen LogP contribution in [0.25, 0.3) is 0 Å². The average molecular weight is 439 g/mol. The summed E-state index contributed by atoms with van der Waals surface area (Å²) in [5, 5.41) is 0. The van der Waals surface area contributed by atoms with E-state index in [0.717, 1.165) is 39.7 Å². The first-order chi connectivity index (χ1) is 15.7. The Kier molecular flexibility index (Phi) is 6.01. The van der Waals surface area contributed by atoms with Crippen molar-refractivity contribution in [3.63, 3.8) is 0 Å². The second-order valence-electron chi connectivity index (χ2n) is 8.90.